The van der Waals surface area contributed by atoms with Gasteiger partial charge in [0.15, 0.2) is 0 Å². The molecule has 0 unspecified atom stereocenters. The second kappa shape index (κ2) is 5.07. The molecule has 0 bridgehead atoms. The van der Waals surface area contributed by atoms with Crippen LogP contribution in [0.15, 0.2) is 24.3 Å². The third-order valence-electron chi connectivity index (χ3n) is 1.85. The average Bonchev–Trinajstić information content (AvgIpc) is 2.15. The van der Waals surface area contributed by atoms with Gasteiger partial charge in [0, 0.05) is 18.4 Å². The zero-order chi connectivity index (χ0) is 12.2. The van der Waals surface area contributed by atoms with E-state index in [1.54, 1.807) is 0 Å². The fourth-order valence-corrected chi connectivity index (χ4v) is 1.55. The molecule has 1 aromatic rings. The van der Waals surface area contributed by atoms with Crippen LogP contribution in [-0.4, -0.2) is 32.9 Å². The molecule has 0 aliphatic heterocycles. The fourth-order valence-electron chi connectivity index (χ4n) is 1.08. The Morgan fingerprint density at radius 2 is 2.12 bits per heavy atom. The molecule has 0 aliphatic carbocycles. The van der Waals surface area contributed by atoms with Crippen molar-refractivity contribution in [2.75, 3.05) is 18.6 Å². The molecule has 0 aliphatic rings. The Morgan fingerprint density at radius 3 is 2.69 bits per heavy atom. The molecule has 0 saturated carbocycles. The number of sulfone groups is 1. The van der Waals surface area contributed by atoms with Crippen molar-refractivity contribution in [2.45, 2.75) is 0 Å². The lowest BCUT2D eigenvalue weighted by molar-refractivity contribution is 0.0955. The molecule has 0 spiro atoms. The number of carbonyl (C=O) groups excluding carboxylic acids is 1. The van der Waals surface area contributed by atoms with Crippen molar-refractivity contribution in [1.82, 2.24) is 5.32 Å². The molecule has 0 heterocycles. The second-order valence-electron chi connectivity index (χ2n) is 3.40. The van der Waals surface area contributed by atoms with Crippen LogP contribution in [0.4, 0.5) is 4.39 Å². The number of nitrogens with one attached hydrogen (secondary N) is 1. The molecule has 1 amide bonds. The van der Waals surface area contributed by atoms with E-state index in [2.05, 4.69) is 5.32 Å². The van der Waals surface area contributed by atoms with Gasteiger partial charge in [-0.3, -0.25) is 4.79 Å². The summed E-state index contributed by atoms with van der Waals surface area (Å²) in [6.07, 6.45) is 1.08. The zero-order valence-electron chi connectivity index (χ0n) is 8.73. The summed E-state index contributed by atoms with van der Waals surface area (Å²) in [7, 11) is -3.10. The van der Waals surface area contributed by atoms with Crippen molar-refractivity contribution in [3.63, 3.8) is 0 Å². The standard InChI is InChI=1S/C10H12FNO3S/c1-16(14,15)6-5-12-10(13)8-3-2-4-9(11)7-8/h2-4,7H,5-6H2,1H3,(H,12,13). The Bertz CT molecular complexity index is 485. The van der Waals surface area contributed by atoms with Crippen molar-refractivity contribution in [2.24, 2.45) is 0 Å². The fraction of sp³-hybridized carbons (Fsp3) is 0.300. The van der Waals surface area contributed by atoms with Crippen LogP contribution in [0, 0.1) is 5.82 Å². The number of carbonyl (C=O) groups is 1. The Balaban J connectivity index is 2.54. The van der Waals surface area contributed by atoms with Gasteiger partial charge < -0.3 is 5.32 Å². The smallest absolute Gasteiger partial charge is 0.251 e. The summed E-state index contributed by atoms with van der Waals surface area (Å²) >= 11 is 0. The first-order valence-electron chi connectivity index (χ1n) is 4.60. The van der Waals surface area contributed by atoms with E-state index in [0.29, 0.717) is 0 Å². The van der Waals surface area contributed by atoms with Crippen LogP contribution in [0.3, 0.4) is 0 Å². The van der Waals surface area contributed by atoms with Crippen molar-refractivity contribution in [3.8, 4) is 0 Å². The summed E-state index contributed by atoms with van der Waals surface area (Å²) < 4.78 is 34.3. The molecule has 0 aromatic heterocycles. The predicted molar refractivity (Wildman–Crippen MR) is 58.4 cm³/mol. The molecule has 4 nitrogen and oxygen atoms in total. The highest BCUT2D eigenvalue weighted by molar-refractivity contribution is 7.90. The van der Waals surface area contributed by atoms with E-state index in [0.717, 1.165) is 12.3 Å². The summed E-state index contributed by atoms with van der Waals surface area (Å²) in [6, 6.07) is 5.20. The van der Waals surface area contributed by atoms with E-state index in [4.69, 9.17) is 0 Å². The van der Waals surface area contributed by atoms with Gasteiger partial charge in [0.25, 0.3) is 5.91 Å². The van der Waals surface area contributed by atoms with Crippen LogP contribution in [0.1, 0.15) is 10.4 Å². The van der Waals surface area contributed by atoms with Crippen molar-refractivity contribution < 1.29 is 17.6 Å². The van der Waals surface area contributed by atoms with E-state index < -0.39 is 21.6 Å². The first-order valence-corrected chi connectivity index (χ1v) is 6.66. The lowest BCUT2D eigenvalue weighted by atomic mass is 10.2. The Hall–Kier alpha value is -1.43. The quantitative estimate of drug-likeness (QED) is 0.845. The highest BCUT2D eigenvalue weighted by atomic mass is 32.2. The molecule has 1 rings (SSSR count). The van der Waals surface area contributed by atoms with Gasteiger partial charge in [0.05, 0.1) is 5.75 Å². The van der Waals surface area contributed by atoms with Crippen LogP contribution in [0.25, 0.3) is 0 Å². The Morgan fingerprint density at radius 1 is 1.44 bits per heavy atom. The van der Waals surface area contributed by atoms with Gasteiger partial charge in [-0.05, 0) is 18.2 Å². The maximum atomic E-state index is 12.8. The van der Waals surface area contributed by atoms with Gasteiger partial charge in [-0.2, -0.15) is 0 Å². The summed E-state index contributed by atoms with van der Waals surface area (Å²) in [6.45, 7) is 0.0220. The van der Waals surface area contributed by atoms with Gasteiger partial charge in [0.2, 0.25) is 0 Å². The van der Waals surface area contributed by atoms with Crippen LogP contribution in [0.2, 0.25) is 0 Å². The van der Waals surface area contributed by atoms with E-state index in [9.17, 15) is 17.6 Å². The largest absolute Gasteiger partial charge is 0.351 e. The van der Waals surface area contributed by atoms with Gasteiger partial charge in [-0.25, -0.2) is 12.8 Å². The van der Waals surface area contributed by atoms with Crippen LogP contribution >= 0.6 is 0 Å². The molecule has 0 atom stereocenters. The molecular formula is C10H12FNO3S. The molecule has 1 N–H and O–H groups in total. The van der Waals surface area contributed by atoms with Crippen molar-refractivity contribution >= 4 is 15.7 Å². The topological polar surface area (TPSA) is 63.2 Å². The van der Waals surface area contributed by atoms with Gasteiger partial charge in [-0.1, -0.05) is 6.07 Å². The molecule has 0 fully saturated rings. The van der Waals surface area contributed by atoms with Crippen LogP contribution < -0.4 is 5.32 Å². The molecule has 88 valence electrons. The maximum absolute atomic E-state index is 12.8. The van der Waals surface area contributed by atoms with Crippen molar-refractivity contribution in [1.29, 1.82) is 0 Å². The molecule has 6 heteroatoms. The number of hydrogen-bond acceptors (Lipinski definition) is 3. The third kappa shape index (κ3) is 4.39. The number of amides is 1. The number of benzene rings is 1. The lowest BCUT2D eigenvalue weighted by Gasteiger charge is -2.04. The minimum Gasteiger partial charge on any atom is -0.351 e. The zero-order valence-corrected chi connectivity index (χ0v) is 9.55. The molecule has 16 heavy (non-hydrogen) atoms. The van der Waals surface area contributed by atoms with Gasteiger partial charge >= 0.3 is 0 Å². The maximum Gasteiger partial charge on any atom is 0.251 e. The number of hydrogen-bond donors (Lipinski definition) is 1. The SMILES string of the molecule is CS(=O)(=O)CCNC(=O)c1cccc(F)c1. The Kier molecular flexibility index (Phi) is 4.00. The summed E-state index contributed by atoms with van der Waals surface area (Å²) in [4.78, 5) is 11.4. The van der Waals surface area contributed by atoms with E-state index in [1.807, 2.05) is 0 Å². The van der Waals surface area contributed by atoms with E-state index in [1.165, 1.54) is 18.2 Å². The molecule has 0 saturated heterocycles. The molecule has 0 radical (unpaired) electrons. The first-order chi connectivity index (χ1) is 7.38. The summed E-state index contributed by atoms with van der Waals surface area (Å²) in [5, 5.41) is 2.40. The number of rotatable bonds is 4. The predicted octanol–water partition coefficient (Wildman–Crippen LogP) is 0.600. The first kappa shape index (κ1) is 12.6. The minimum atomic E-state index is -3.10. The monoisotopic (exact) mass is 245 g/mol. The third-order valence-corrected chi connectivity index (χ3v) is 2.79. The van der Waals surface area contributed by atoms with Crippen molar-refractivity contribution in [3.05, 3.63) is 35.6 Å². The second-order valence-corrected chi connectivity index (χ2v) is 5.66. The normalized spacial score (nSPS) is 11.1. The average molecular weight is 245 g/mol. The number of halogens is 1. The van der Waals surface area contributed by atoms with Gasteiger partial charge in [-0.15, -0.1) is 0 Å². The van der Waals surface area contributed by atoms with Crippen LogP contribution in [0.5, 0.6) is 0 Å². The van der Waals surface area contributed by atoms with E-state index >= 15 is 0 Å². The van der Waals surface area contributed by atoms with Gasteiger partial charge in [0.1, 0.15) is 15.7 Å². The molecular weight excluding hydrogens is 233 g/mol. The summed E-state index contributed by atoms with van der Waals surface area (Å²) in [5.41, 5.74) is 0.175. The summed E-state index contributed by atoms with van der Waals surface area (Å²) in [5.74, 6) is -1.12. The molecule has 1 aromatic carbocycles. The van der Waals surface area contributed by atoms with E-state index in [-0.39, 0.29) is 17.9 Å². The Labute approximate surface area is 93.4 Å². The lowest BCUT2D eigenvalue weighted by Crippen LogP contribution is -2.28. The van der Waals surface area contributed by atoms with Crippen LogP contribution in [-0.2, 0) is 9.84 Å². The minimum absolute atomic E-state index is 0.0220. The highest BCUT2D eigenvalue weighted by Gasteiger charge is 2.07. The highest BCUT2D eigenvalue weighted by Crippen LogP contribution is 2.02.